The van der Waals surface area contributed by atoms with Crippen LogP contribution < -0.4 is 4.74 Å². The van der Waals surface area contributed by atoms with E-state index in [1.165, 1.54) is 20.2 Å². The van der Waals surface area contributed by atoms with Crippen LogP contribution in [0.4, 0.5) is 13.2 Å². The number of fused-ring (bicyclic) bond motifs is 1. The van der Waals surface area contributed by atoms with E-state index in [1.807, 2.05) is 25.3 Å². The quantitative estimate of drug-likeness (QED) is 0.229. The molecule has 1 atom stereocenters. The molecule has 4 aromatic rings. The zero-order valence-corrected chi connectivity index (χ0v) is 25.2. The summed E-state index contributed by atoms with van der Waals surface area (Å²) in [7, 11) is 1.51. The van der Waals surface area contributed by atoms with Gasteiger partial charge in [0.1, 0.15) is 11.3 Å². The van der Waals surface area contributed by atoms with Crippen LogP contribution in [0.5, 0.6) is 5.75 Å². The Labute approximate surface area is 246 Å². The molecule has 5 rings (SSSR count). The number of hydrogen-bond donors (Lipinski definition) is 0. The monoisotopic (exact) mass is 607 g/mol. The summed E-state index contributed by atoms with van der Waals surface area (Å²) in [6, 6.07) is 8.64. The number of thiophene rings is 1. The van der Waals surface area contributed by atoms with E-state index >= 15 is 0 Å². The van der Waals surface area contributed by atoms with Crippen LogP contribution in [0.15, 0.2) is 41.9 Å². The SMILES string of the molecule is CC.CCC(c1sccc1Cl)N1CCN(C(=O)c2cnn3c(C(F)(F)F)c(C)c(-c4ccc(OC)cc4)nc23)CC1. The first kappa shape index (κ1) is 30.8. The van der Waals surface area contributed by atoms with Gasteiger partial charge in [-0.15, -0.1) is 11.3 Å². The van der Waals surface area contributed by atoms with Crippen LogP contribution in [0, 0.1) is 6.92 Å². The van der Waals surface area contributed by atoms with Gasteiger partial charge in [-0.25, -0.2) is 9.50 Å². The molecule has 1 unspecified atom stereocenters. The van der Waals surface area contributed by atoms with Gasteiger partial charge in [0, 0.05) is 48.2 Å². The molecule has 0 saturated carbocycles. The lowest BCUT2D eigenvalue weighted by molar-refractivity contribution is -0.143. The van der Waals surface area contributed by atoms with Gasteiger partial charge in [0.25, 0.3) is 5.91 Å². The molecule has 0 N–H and O–H groups in total. The maximum absolute atomic E-state index is 14.2. The van der Waals surface area contributed by atoms with Crippen molar-refractivity contribution in [3.05, 3.63) is 68.6 Å². The number of halogens is 4. The van der Waals surface area contributed by atoms with Crippen LogP contribution in [0.3, 0.4) is 0 Å². The van der Waals surface area contributed by atoms with Crippen LogP contribution in [0.1, 0.15) is 59.7 Å². The molecular weight excluding hydrogens is 575 g/mol. The molecule has 1 fully saturated rings. The van der Waals surface area contributed by atoms with Gasteiger partial charge < -0.3 is 9.64 Å². The number of methoxy groups -OCH3 is 1. The van der Waals surface area contributed by atoms with Gasteiger partial charge in [0.2, 0.25) is 0 Å². The summed E-state index contributed by atoms with van der Waals surface area (Å²) in [5.74, 6) is 0.177. The molecule has 3 aromatic heterocycles. The van der Waals surface area contributed by atoms with Gasteiger partial charge in [-0.3, -0.25) is 9.69 Å². The second-order valence-electron chi connectivity index (χ2n) is 9.34. The number of carbonyl (C=O) groups is 1. The number of rotatable bonds is 6. The molecule has 41 heavy (non-hydrogen) atoms. The van der Waals surface area contributed by atoms with Gasteiger partial charge in [0.15, 0.2) is 11.3 Å². The fourth-order valence-electron chi connectivity index (χ4n) is 5.15. The highest BCUT2D eigenvalue weighted by molar-refractivity contribution is 7.10. The third-order valence-electron chi connectivity index (χ3n) is 7.12. The average molecular weight is 608 g/mol. The zero-order chi connectivity index (χ0) is 29.9. The van der Waals surface area contributed by atoms with E-state index in [-0.39, 0.29) is 28.5 Å². The second-order valence-corrected chi connectivity index (χ2v) is 10.7. The topological polar surface area (TPSA) is 63.0 Å². The Morgan fingerprint density at radius 1 is 1.12 bits per heavy atom. The summed E-state index contributed by atoms with van der Waals surface area (Å²) in [4.78, 5) is 23.2. The van der Waals surface area contributed by atoms with E-state index in [9.17, 15) is 18.0 Å². The minimum atomic E-state index is -4.71. The second kappa shape index (κ2) is 12.8. The van der Waals surface area contributed by atoms with Crippen molar-refractivity contribution in [2.75, 3.05) is 33.3 Å². The number of alkyl halides is 3. The van der Waals surface area contributed by atoms with E-state index in [0.29, 0.717) is 37.5 Å². The van der Waals surface area contributed by atoms with Crippen LogP contribution in [0.25, 0.3) is 16.9 Å². The normalized spacial score (nSPS) is 15.0. The van der Waals surface area contributed by atoms with Crippen molar-refractivity contribution in [2.24, 2.45) is 0 Å². The van der Waals surface area contributed by atoms with Gasteiger partial charge >= 0.3 is 6.18 Å². The number of benzene rings is 1. The fourth-order valence-corrected chi connectivity index (χ4v) is 6.55. The molecule has 1 aliphatic rings. The predicted octanol–water partition coefficient (Wildman–Crippen LogP) is 7.38. The molecule has 0 radical (unpaired) electrons. The minimum absolute atomic E-state index is 0.0389. The smallest absolute Gasteiger partial charge is 0.433 e. The molecule has 220 valence electrons. The molecule has 0 bridgehead atoms. The standard InChI is InChI=1S/C27H27ClF3N5O2S.C2H6/c1-4-21(23-20(28)9-14-39-23)34-10-12-35(13-11-34)26(37)19-15-32-36-24(27(29,30)31)16(2)22(33-25(19)36)17-5-7-18(38-3)8-6-17;1-2/h5-9,14-15,21H,4,10-13H2,1-3H3;1-2H3. The Kier molecular flexibility index (Phi) is 9.61. The molecule has 12 heteroatoms. The molecule has 1 saturated heterocycles. The Bertz CT molecular complexity index is 1490. The Morgan fingerprint density at radius 2 is 1.78 bits per heavy atom. The lowest BCUT2D eigenvalue weighted by Crippen LogP contribution is -2.49. The number of hydrogen-bond acceptors (Lipinski definition) is 6. The lowest BCUT2D eigenvalue weighted by atomic mass is 10.0. The number of aromatic nitrogens is 3. The van der Waals surface area contributed by atoms with Crippen molar-refractivity contribution in [3.8, 4) is 17.0 Å². The maximum Gasteiger partial charge on any atom is 0.433 e. The van der Waals surface area contributed by atoms with E-state index in [2.05, 4.69) is 21.9 Å². The Balaban J connectivity index is 0.00000189. The van der Waals surface area contributed by atoms with Gasteiger partial charge in [-0.1, -0.05) is 32.4 Å². The summed E-state index contributed by atoms with van der Waals surface area (Å²) in [6.45, 7) is 9.56. The summed E-state index contributed by atoms with van der Waals surface area (Å²) < 4.78 is 48.6. The van der Waals surface area contributed by atoms with E-state index in [4.69, 9.17) is 16.3 Å². The Hall–Kier alpha value is -3.15. The molecule has 1 aliphatic heterocycles. The van der Waals surface area contributed by atoms with Crippen LogP contribution in [-0.4, -0.2) is 63.6 Å². The number of amides is 1. The van der Waals surface area contributed by atoms with Crippen LogP contribution in [-0.2, 0) is 6.18 Å². The number of nitrogens with zero attached hydrogens (tertiary/aromatic N) is 5. The molecular formula is C29H33ClF3N5O2S. The third kappa shape index (κ3) is 6.07. The molecule has 7 nitrogen and oxygen atoms in total. The summed E-state index contributed by atoms with van der Waals surface area (Å²) >= 11 is 8.00. The average Bonchev–Trinajstić information content (AvgIpc) is 3.59. The van der Waals surface area contributed by atoms with Crippen molar-refractivity contribution < 1.29 is 22.7 Å². The molecule has 0 aliphatic carbocycles. The molecule has 4 heterocycles. The van der Waals surface area contributed by atoms with E-state index in [0.717, 1.165) is 20.8 Å². The van der Waals surface area contributed by atoms with Crippen molar-refractivity contribution in [2.45, 2.75) is 46.3 Å². The minimum Gasteiger partial charge on any atom is -0.497 e. The van der Waals surface area contributed by atoms with Gasteiger partial charge in [-0.2, -0.15) is 18.3 Å². The van der Waals surface area contributed by atoms with Crippen molar-refractivity contribution in [1.29, 1.82) is 0 Å². The zero-order valence-electron chi connectivity index (χ0n) is 23.6. The summed E-state index contributed by atoms with van der Waals surface area (Å²) in [5.41, 5.74) is -0.502. The maximum atomic E-state index is 14.2. The van der Waals surface area contributed by atoms with Crippen LogP contribution in [0.2, 0.25) is 5.02 Å². The third-order valence-corrected chi connectivity index (χ3v) is 8.58. The van der Waals surface area contributed by atoms with Gasteiger partial charge in [0.05, 0.1) is 24.0 Å². The highest BCUT2D eigenvalue weighted by atomic mass is 35.5. The molecule has 1 amide bonds. The summed E-state index contributed by atoms with van der Waals surface area (Å²) in [6.07, 6.45) is -2.65. The van der Waals surface area contributed by atoms with Crippen molar-refractivity contribution in [1.82, 2.24) is 24.4 Å². The highest BCUT2D eigenvalue weighted by Crippen LogP contribution is 2.38. The predicted molar refractivity (Wildman–Crippen MR) is 156 cm³/mol. The van der Waals surface area contributed by atoms with Gasteiger partial charge in [-0.05, 0) is 49.1 Å². The highest BCUT2D eigenvalue weighted by Gasteiger charge is 2.39. The van der Waals surface area contributed by atoms with E-state index < -0.39 is 17.8 Å². The number of ether oxygens (including phenoxy) is 1. The first-order chi connectivity index (χ1) is 19.6. The lowest BCUT2D eigenvalue weighted by Gasteiger charge is -2.38. The molecule has 0 spiro atoms. The first-order valence-corrected chi connectivity index (χ1v) is 14.8. The van der Waals surface area contributed by atoms with Crippen molar-refractivity contribution >= 4 is 34.5 Å². The first-order valence-electron chi connectivity index (χ1n) is 13.5. The largest absolute Gasteiger partial charge is 0.497 e. The number of piperazine rings is 1. The molecule has 1 aromatic carbocycles. The van der Waals surface area contributed by atoms with E-state index in [1.54, 1.807) is 40.5 Å². The van der Waals surface area contributed by atoms with Crippen molar-refractivity contribution in [3.63, 3.8) is 0 Å². The fraction of sp³-hybridized carbons (Fsp3) is 0.414. The van der Waals surface area contributed by atoms with Crippen LogP contribution >= 0.6 is 22.9 Å². The summed E-state index contributed by atoms with van der Waals surface area (Å²) in [5, 5.41) is 6.68. The number of carbonyl (C=O) groups excluding carboxylic acids is 1. The Morgan fingerprint density at radius 3 is 2.32 bits per heavy atom.